The molecule has 0 radical (unpaired) electrons. The van der Waals surface area contributed by atoms with Crippen molar-refractivity contribution in [2.75, 3.05) is 11.9 Å². The summed E-state index contributed by atoms with van der Waals surface area (Å²) in [7, 11) is 0. The Bertz CT molecular complexity index is 480. The number of rotatable bonds is 4. The molecule has 1 unspecified atom stereocenters. The van der Waals surface area contributed by atoms with Gasteiger partial charge in [0.1, 0.15) is 6.04 Å². The van der Waals surface area contributed by atoms with Crippen LogP contribution in [0.3, 0.4) is 0 Å². The van der Waals surface area contributed by atoms with Gasteiger partial charge in [0, 0.05) is 12.2 Å². The van der Waals surface area contributed by atoms with Crippen molar-refractivity contribution in [1.29, 1.82) is 0 Å². The van der Waals surface area contributed by atoms with Gasteiger partial charge in [0.25, 0.3) is 0 Å². The fraction of sp³-hybridized carbons (Fsp3) is 0.588. The molecule has 0 fully saturated rings. The lowest BCUT2D eigenvalue weighted by molar-refractivity contribution is -0.122. The van der Waals surface area contributed by atoms with Crippen molar-refractivity contribution in [3.63, 3.8) is 0 Å². The Labute approximate surface area is 122 Å². The maximum atomic E-state index is 12.3. The van der Waals surface area contributed by atoms with Crippen molar-refractivity contribution in [1.82, 2.24) is 5.32 Å². The summed E-state index contributed by atoms with van der Waals surface area (Å²) >= 11 is 0. The number of hydrogen-bond acceptors (Lipinski definition) is 2. The molecule has 0 spiro atoms. The zero-order valence-electron chi connectivity index (χ0n) is 13.0. The molecule has 1 aromatic carbocycles. The molecule has 0 saturated carbocycles. The van der Waals surface area contributed by atoms with Crippen molar-refractivity contribution in [2.24, 2.45) is 11.3 Å². The summed E-state index contributed by atoms with van der Waals surface area (Å²) in [4.78, 5) is 12.3. The van der Waals surface area contributed by atoms with Gasteiger partial charge >= 0.3 is 0 Å². The van der Waals surface area contributed by atoms with Gasteiger partial charge in [0.2, 0.25) is 5.91 Å². The normalized spacial score (nSPS) is 18.4. The van der Waals surface area contributed by atoms with Crippen LogP contribution in [0, 0.1) is 11.3 Å². The van der Waals surface area contributed by atoms with Crippen molar-refractivity contribution in [3.05, 3.63) is 29.8 Å². The van der Waals surface area contributed by atoms with Crippen molar-refractivity contribution in [2.45, 2.75) is 46.6 Å². The topological polar surface area (TPSA) is 41.1 Å². The first-order valence-corrected chi connectivity index (χ1v) is 7.52. The average Bonchev–Trinajstić information content (AvgIpc) is 2.44. The molecule has 0 aromatic heterocycles. The highest BCUT2D eigenvalue weighted by Gasteiger charge is 2.27. The van der Waals surface area contributed by atoms with Crippen LogP contribution in [0.15, 0.2) is 24.3 Å². The van der Waals surface area contributed by atoms with Gasteiger partial charge < -0.3 is 10.6 Å². The molecular weight excluding hydrogens is 248 g/mol. The van der Waals surface area contributed by atoms with E-state index < -0.39 is 0 Å². The van der Waals surface area contributed by atoms with Gasteiger partial charge in [-0.05, 0) is 35.8 Å². The quantitative estimate of drug-likeness (QED) is 0.885. The number of nitrogens with one attached hydrogen (secondary N) is 2. The largest absolute Gasteiger partial charge is 0.373 e. The van der Waals surface area contributed by atoms with E-state index in [-0.39, 0.29) is 17.4 Å². The molecule has 2 rings (SSSR count). The first-order valence-electron chi connectivity index (χ1n) is 7.52. The van der Waals surface area contributed by atoms with Gasteiger partial charge in [-0.25, -0.2) is 0 Å². The molecule has 1 aliphatic heterocycles. The van der Waals surface area contributed by atoms with Crippen molar-refractivity contribution < 1.29 is 4.79 Å². The van der Waals surface area contributed by atoms with Gasteiger partial charge in [-0.2, -0.15) is 0 Å². The fourth-order valence-electron chi connectivity index (χ4n) is 2.28. The van der Waals surface area contributed by atoms with Gasteiger partial charge in [-0.3, -0.25) is 4.79 Å². The van der Waals surface area contributed by atoms with Gasteiger partial charge in [-0.15, -0.1) is 0 Å². The summed E-state index contributed by atoms with van der Waals surface area (Å²) in [6.07, 6.45) is 1.83. The van der Waals surface area contributed by atoms with Crippen LogP contribution in [0.1, 0.15) is 39.7 Å². The van der Waals surface area contributed by atoms with E-state index in [2.05, 4.69) is 44.4 Å². The number of aryl methyl sites for hydroxylation is 1. The van der Waals surface area contributed by atoms with Crippen LogP contribution in [-0.2, 0) is 11.2 Å². The number of fused-ring (bicyclic) bond motifs is 1. The third kappa shape index (κ3) is 3.33. The molecular formula is C17H26N2O. The molecule has 3 heteroatoms. The van der Waals surface area contributed by atoms with Crippen molar-refractivity contribution >= 4 is 11.6 Å². The molecule has 20 heavy (non-hydrogen) atoms. The number of hydrogen-bond donors (Lipinski definition) is 2. The first-order chi connectivity index (χ1) is 9.40. The second-order valence-electron chi connectivity index (χ2n) is 6.75. The smallest absolute Gasteiger partial charge is 0.242 e. The van der Waals surface area contributed by atoms with E-state index in [0.717, 1.165) is 25.1 Å². The average molecular weight is 274 g/mol. The SMILES string of the molecule is CC(C)C(C)(C)CNC(=O)C1CCc2ccccc2N1. The molecule has 3 nitrogen and oxygen atoms in total. The number of para-hydroxylation sites is 1. The minimum atomic E-state index is -0.104. The van der Waals surface area contributed by atoms with E-state index in [4.69, 9.17) is 0 Å². The molecule has 1 atom stereocenters. The Balaban J connectivity index is 1.92. The Morgan fingerprint density at radius 2 is 2.10 bits per heavy atom. The summed E-state index contributed by atoms with van der Waals surface area (Å²) in [5.74, 6) is 0.663. The molecule has 0 bridgehead atoms. The highest BCUT2D eigenvalue weighted by Crippen LogP contribution is 2.26. The van der Waals surface area contributed by atoms with Crippen LogP contribution in [0.2, 0.25) is 0 Å². The summed E-state index contributed by atoms with van der Waals surface area (Å²) in [5.41, 5.74) is 2.53. The Morgan fingerprint density at radius 1 is 1.40 bits per heavy atom. The number of amides is 1. The lowest BCUT2D eigenvalue weighted by Gasteiger charge is -2.31. The molecule has 110 valence electrons. The van der Waals surface area contributed by atoms with E-state index >= 15 is 0 Å². The minimum Gasteiger partial charge on any atom is -0.373 e. The zero-order valence-corrected chi connectivity index (χ0v) is 13.0. The maximum Gasteiger partial charge on any atom is 0.242 e. The second-order valence-corrected chi connectivity index (χ2v) is 6.75. The van der Waals surface area contributed by atoms with Crippen LogP contribution in [0.25, 0.3) is 0 Å². The first kappa shape index (κ1) is 14.9. The number of carbonyl (C=O) groups is 1. The van der Waals surface area contributed by atoms with Crippen LogP contribution in [0.4, 0.5) is 5.69 Å². The van der Waals surface area contributed by atoms with Crippen LogP contribution < -0.4 is 10.6 Å². The molecule has 1 amide bonds. The number of benzene rings is 1. The van der Waals surface area contributed by atoms with Gasteiger partial charge in [0.15, 0.2) is 0 Å². The van der Waals surface area contributed by atoms with Crippen LogP contribution in [-0.4, -0.2) is 18.5 Å². The molecule has 1 aromatic rings. The second kappa shape index (κ2) is 5.86. The predicted octanol–water partition coefficient (Wildman–Crippen LogP) is 3.21. The fourth-order valence-corrected chi connectivity index (χ4v) is 2.28. The van der Waals surface area contributed by atoms with E-state index in [9.17, 15) is 4.79 Å². The van der Waals surface area contributed by atoms with E-state index in [1.165, 1.54) is 5.56 Å². The van der Waals surface area contributed by atoms with Crippen LogP contribution in [0.5, 0.6) is 0 Å². The monoisotopic (exact) mass is 274 g/mol. The van der Waals surface area contributed by atoms with E-state index in [1.54, 1.807) is 0 Å². The molecule has 0 saturated heterocycles. The summed E-state index contributed by atoms with van der Waals surface area (Å²) in [6, 6.07) is 8.12. The van der Waals surface area contributed by atoms with E-state index in [0.29, 0.717) is 5.92 Å². The maximum absolute atomic E-state index is 12.3. The predicted molar refractivity (Wildman–Crippen MR) is 83.8 cm³/mol. The molecule has 1 aliphatic rings. The Kier molecular flexibility index (Phi) is 4.36. The third-order valence-corrected chi connectivity index (χ3v) is 4.65. The summed E-state index contributed by atoms with van der Waals surface area (Å²) in [6.45, 7) is 9.51. The Hall–Kier alpha value is -1.51. The highest BCUT2D eigenvalue weighted by atomic mass is 16.2. The highest BCUT2D eigenvalue weighted by molar-refractivity contribution is 5.85. The molecule has 2 N–H and O–H groups in total. The van der Waals surface area contributed by atoms with Crippen molar-refractivity contribution in [3.8, 4) is 0 Å². The number of anilines is 1. The van der Waals surface area contributed by atoms with Crippen LogP contribution >= 0.6 is 0 Å². The standard InChI is InChI=1S/C17H26N2O/c1-12(2)17(3,4)11-18-16(20)15-10-9-13-7-5-6-8-14(13)19-15/h5-8,12,15,19H,9-11H2,1-4H3,(H,18,20). The minimum absolute atomic E-state index is 0.104. The molecule has 0 aliphatic carbocycles. The zero-order chi connectivity index (χ0) is 14.8. The lowest BCUT2D eigenvalue weighted by atomic mass is 9.81. The summed E-state index contributed by atoms with van der Waals surface area (Å²) in [5, 5.41) is 6.45. The van der Waals surface area contributed by atoms with Gasteiger partial charge in [-0.1, -0.05) is 45.9 Å². The van der Waals surface area contributed by atoms with Gasteiger partial charge in [0.05, 0.1) is 0 Å². The lowest BCUT2D eigenvalue weighted by Crippen LogP contribution is -2.45. The number of carbonyl (C=O) groups excluding carboxylic acids is 1. The van der Waals surface area contributed by atoms with E-state index in [1.807, 2.05) is 18.2 Å². The molecule has 1 heterocycles. The summed E-state index contributed by atoms with van der Waals surface area (Å²) < 4.78 is 0. The third-order valence-electron chi connectivity index (χ3n) is 4.65. The Morgan fingerprint density at radius 3 is 2.80 bits per heavy atom.